The van der Waals surface area contributed by atoms with Crippen molar-refractivity contribution in [3.8, 4) is 0 Å². The van der Waals surface area contributed by atoms with Gasteiger partial charge >= 0.3 is 0 Å². The van der Waals surface area contributed by atoms with Gasteiger partial charge in [0.15, 0.2) is 11.5 Å². The smallest absolute Gasteiger partial charge is 0.220 e. The van der Waals surface area contributed by atoms with E-state index < -0.39 is 0 Å². The molecule has 8 nitrogen and oxygen atoms in total. The van der Waals surface area contributed by atoms with E-state index in [9.17, 15) is 4.79 Å². The maximum atomic E-state index is 12.2. The van der Waals surface area contributed by atoms with Gasteiger partial charge in [-0.2, -0.15) is 4.52 Å². The molecule has 0 bridgehead atoms. The molecule has 0 radical (unpaired) electrons. The third kappa shape index (κ3) is 4.28. The first-order valence-electron chi connectivity index (χ1n) is 9.55. The molecule has 3 aromatic rings. The lowest BCUT2D eigenvalue weighted by atomic mass is 10.1. The molecule has 2 aromatic heterocycles. The minimum atomic E-state index is -0.0124. The lowest BCUT2D eigenvalue weighted by Gasteiger charge is -2.27. The Morgan fingerprint density at radius 1 is 1.11 bits per heavy atom. The molecule has 1 aromatic carbocycles. The average Bonchev–Trinajstić information content (AvgIpc) is 3.15. The molecule has 0 unspecified atom stereocenters. The van der Waals surface area contributed by atoms with Crippen LogP contribution in [0.5, 0.6) is 0 Å². The maximum absolute atomic E-state index is 12.2. The van der Waals surface area contributed by atoms with Gasteiger partial charge in [-0.3, -0.25) is 4.79 Å². The van der Waals surface area contributed by atoms with Gasteiger partial charge in [-0.05, 0) is 24.6 Å². The van der Waals surface area contributed by atoms with Crippen molar-refractivity contribution in [1.29, 1.82) is 0 Å². The van der Waals surface area contributed by atoms with Gasteiger partial charge in [0.2, 0.25) is 5.91 Å². The van der Waals surface area contributed by atoms with Crippen LogP contribution in [0.1, 0.15) is 23.4 Å². The zero-order valence-corrected chi connectivity index (χ0v) is 16.0. The normalized spacial score (nSPS) is 14.4. The summed E-state index contributed by atoms with van der Waals surface area (Å²) in [6.07, 6.45) is 0.830. The third-order valence-corrected chi connectivity index (χ3v) is 4.83. The van der Waals surface area contributed by atoms with Crippen LogP contribution in [0.3, 0.4) is 0 Å². The predicted octanol–water partition coefficient (Wildman–Crippen LogP) is 1.52. The molecule has 0 spiro atoms. The molecule has 1 saturated heterocycles. The number of benzene rings is 1. The lowest BCUT2D eigenvalue weighted by Crippen LogP contribution is -2.37. The number of nitrogens with zero attached hydrogens (tertiary/aromatic N) is 5. The lowest BCUT2D eigenvalue weighted by molar-refractivity contribution is -0.121. The predicted molar refractivity (Wildman–Crippen MR) is 105 cm³/mol. The topological polar surface area (TPSA) is 84.7 Å². The molecule has 3 heterocycles. The average molecular weight is 380 g/mol. The molecular weight excluding hydrogens is 356 g/mol. The zero-order valence-electron chi connectivity index (χ0n) is 16.0. The molecule has 1 fully saturated rings. The second kappa shape index (κ2) is 8.35. The maximum Gasteiger partial charge on any atom is 0.220 e. The molecule has 0 aliphatic carbocycles. The van der Waals surface area contributed by atoms with Crippen LogP contribution in [0.4, 0.5) is 5.82 Å². The summed E-state index contributed by atoms with van der Waals surface area (Å²) in [4.78, 5) is 14.4. The largest absolute Gasteiger partial charge is 0.378 e. The molecule has 1 aliphatic rings. The molecule has 0 saturated carbocycles. The first-order chi connectivity index (χ1) is 13.7. The molecule has 146 valence electrons. The van der Waals surface area contributed by atoms with Gasteiger partial charge < -0.3 is 15.0 Å². The number of nitrogens with one attached hydrogen (secondary N) is 1. The highest BCUT2D eigenvalue weighted by molar-refractivity contribution is 5.76. The number of anilines is 1. The summed E-state index contributed by atoms with van der Waals surface area (Å²) in [5, 5.41) is 16.0. The monoisotopic (exact) mass is 380 g/mol. The van der Waals surface area contributed by atoms with E-state index in [1.165, 1.54) is 5.56 Å². The van der Waals surface area contributed by atoms with Crippen LogP contribution in [0.25, 0.3) is 5.65 Å². The minimum absolute atomic E-state index is 0.0124. The van der Waals surface area contributed by atoms with Crippen LogP contribution in [0.2, 0.25) is 0 Å². The van der Waals surface area contributed by atoms with Crippen molar-refractivity contribution in [3.63, 3.8) is 0 Å². The van der Waals surface area contributed by atoms with Crippen LogP contribution >= 0.6 is 0 Å². The Bertz CT molecular complexity index is 947. The molecule has 0 atom stereocenters. The van der Waals surface area contributed by atoms with Crippen LogP contribution in [0, 0.1) is 6.92 Å². The fraction of sp³-hybridized carbons (Fsp3) is 0.400. The summed E-state index contributed by atoms with van der Waals surface area (Å²) in [5.74, 6) is 1.55. The number of aromatic nitrogens is 4. The van der Waals surface area contributed by atoms with Gasteiger partial charge in [0, 0.05) is 32.5 Å². The summed E-state index contributed by atoms with van der Waals surface area (Å²) < 4.78 is 7.13. The zero-order chi connectivity index (χ0) is 19.3. The van der Waals surface area contributed by atoms with Gasteiger partial charge in [0.25, 0.3) is 0 Å². The summed E-state index contributed by atoms with van der Waals surface area (Å²) in [6, 6.07) is 12.0. The quantitative estimate of drug-likeness (QED) is 0.698. The molecule has 1 amide bonds. The summed E-state index contributed by atoms with van der Waals surface area (Å²) in [5.41, 5.74) is 2.98. The highest BCUT2D eigenvalue weighted by Gasteiger charge is 2.15. The Balaban J connectivity index is 1.37. The fourth-order valence-electron chi connectivity index (χ4n) is 3.16. The molecule has 4 rings (SSSR count). The van der Waals surface area contributed by atoms with E-state index in [-0.39, 0.29) is 5.91 Å². The Kier molecular flexibility index (Phi) is 5.48. The Hall–Kier alpha value is -3.00. The van der Waals surface area contributed by atoms with Crippen LogP contribution in [-0.2, 0) is 22.5 Å². The number of carbonyl (C=O) groups is 1. The van der Waals surface area contributed by atoms with E-state index in [4.69, 9.17) is 4.74 Å². The number of ether oxygens (including phenoxy) is 1. The highest BCUT2D eigenvalue weighted by Crippen LogP contribution is 2.14. The molecule has 28 heavy (non-hydrogen) atoms. The van der Waals surface area contributed by atoms with Crippen molar-refractivity contribution >= 4 is 17.4 Å². The molecule has 1 aliphatic heterocycles. The second-order valence-electron chi connectivity index (χ2n) is 6.94. The Labute approximate surface area is 163 Å². The van der Waals surface area contributed by atoms with Crippen molar-refractivity contribution in [2.45, 2.75) is 26.3 Å². The number of morpholine rings is 1. The van der Waals surface area contributed by atoms with Crippen LogP contribution in [-0.4, -0.2) is 52.0 Å². The first-order valence-corrected chi connectivity index (χ1v) is 9.55. The van der Waals surface area contributed by atoms with Gasteiger partial charge in [-0.25, -0.2) is 0 Å². The van der Waals surface area contributed by atoms with Crippen LogP contribution < -0.4 is 10.2 Å². The Morgan fingerprint density at radius 3 is 2.68 bits per heavy atom. The van der Waals surface area contributed by atoms with Gasteiger partial charge in [-0.15, -0.1) is 15.3 Å². The van der Waals surface area contributed by atoms with Crippen molar-refractivity contribution in [1.82, 2.24) is 25.1 Å². The van der Waals surface area contributed by atoms with E-state index in [1.54, 1.807) is 4.52 Å². The summed E-state index contributed by atoms with van der Waals surface area (Å²) in [6.45, 7) is 5.61. The standard InChI is InChI=1S/C20H24N6O2/c1-15-2-4-16(5-3-15)14-21-20(27)9-8-18-23-22-17-6-7-19(24-26(17)18)25-10-12-28-13-11-25/h2-7H,8-14H2,1H3,(H,21,27). The SMILES string of the molecule is Cc1ccc(CNC(=O)CCc2nnc3ccc(N4CCOCC4)nn23)cc1. The second-order valence-corrected chi connectivity index (χ2v) is 6.94. The number of hydrogen-bond acceptors (Lipinski definition) is 6. The van der Waals surface area contributed by atoms with Crippen molar-refractivity contribution in [2.24, 2.45) is 0 Å². The van der Waals surface area contributed by atoms with Gasteiger partial charge in [0.1, 0.15) is 5.82 Å². The van der Waals surface area contributed by atoms with Gasteiger partial charge in [-0.1, -0.05) is 29.8 Å². The van der Waals surface area contributed by atoms with E-state index in [1.807, 2.05) is 43.3 Å². The van der Waals surface area contributed by atoms with E-state index in [2.05, 4.69) is 25.5 Å². The molecule has 1 N–H and O–H groups in total. The first kappa shape index (κ1) is 18.4. The number of carbonyl (C=O) groups excluding carboxylic acids is 1. The number of fused-ring (bicyclic) bond motifs is 1. The van der Waals surface area contributed by atoms with Crippen molar-refractivity contribution in [3.05, 3.63) is 53.3 Å². The van der Waals surface area contributed by atoms with Crippen molar-refractivity contribution < 1.29 is 9.53 Å². The third-order valence-electron chi connectivity index (χ3n) is 4.83. The van der Waals surface area contributed by atoms with Crippen LogP contribution in [0.15, 0.2) is 36.4 Å². The Morgan fingerprint density at radius 2 is 1.89 bits per heavy atom. The fourth-order valence-corrected chi connectivity index (χ4v) is 3.16. The van der Waals surface area contributed by atoms with E-state index in [0.29, 0.717) is 44.1 Å². The number of amides is 1. The number of rotatable bonds is 6. The number of hydrogen-bond donors (Lipinski definition) is 1. The molecule has 8 heteroatoms. The molecular formula is C20H24N6O2. The number of aryl methyl sites for hydroxylation is 2. The summed E-state index contributed by atoms with van der Waals surface area (Å²) in [7, 11) is 0. The van der Waals surface area contributed by atoms with Crippen molar-refractivity contribution in [2.75, 3.05) is 31.2 Å². The summed E-state index contributed by atoms with van der Waals surface area (Å²) >= 11 is 0. The van der Waals surface area contributed by atoms with E-state index in [0.717, 1.165) is 24.5 Å². The highest BCUT2D eigenvalue weighted by atomic mass is 16.5. The van der Waals surface area contributed by atoms with Gasteiger partial charge in [0.05, 0.1) is 13.2 Å². The minimum Gasteiger partial charge on any atom is -0.378 e. The van der Waals surface area contributed by atoms with E-state index >= 15 is 0 Å².